The molecule has 8 heteroatoms. The summed E-state index contributed by atoms with van der Waals surface area (Å²) in [5.41, 5.74) is 0.0317. The van der Waals surface area contributed by atoms with Crippen molar-refractivity contribution >= 4 is 17.7 Å². The predicted octanol–water partition coefficient (Wildman–Crippen LogP) is 3.86. The van der Waals surface area contributed by atoms with Crippen LogP contribution in [-0.2, 0) is 11.0 Å². The monoisotopic (exact) mass is 367 g/mol. The molecule has 1 heterocycles. The van der Waals surface area contributed by atoms with Gasteiger partial charge in [0.15, 0.2) is 5.16 Å². The lowest BCUT2D eigenvalue weighted by Gasteiger charge is -2.18. The Hall–Kier alpha value is -2.09. The van der Waals surface area contributed by atoms with Crippen LogP contribution in [-0.4, -0.2) is 21.6 Å². The fraction of sp³-hybridized carbons (Fsp3) is 0.353. The van der Waals surface area contributed by atoms with Crippen LogP contribution in [0.15, 0.2) is 47.8 Å². The van der Waals surface area contributed by atoms with E-state index < -0.39 is 11.9 Å². The van der Waals surface area contributed by atoms with Crippen LogP contribution in [0.25, 0.3) is 0 Å². The summed E-state index contributed by atoms with van der Waals surface area (Å²) in [7, 11) is 0. The summed E-state index contributed by atoms with van der Waals surface area (Å²) >= 11 is 0.894. The van der Waals surface area contributed by atoms with Crippen LogP contribution < -0.4 is 5.32 Å². The van der Waals surface area contributed by atoms with Gasteiger partial charge in [0.25, 0.3) is 0 Å². The molecule has 3 rings (SSSR count). The van der Waals surface area contributed by atoms with Gasteiger partial charge in [0.05, 0.1) is 11.8 Å². The van der Waals surface area contributed by atoms with E-state index in [9.17, 15) is 18.0 Å². The summed E-state index contributed by atoms with van der Waals surface area (Å²) in [5.74, 6) is 0.144. The number of halogens is 3. The average Bonchev–Trinajstić information content (AvgIpc) is 3.43. The second kappa shape index (κ2) is 7.43. The number of nitrogens with zero attached hydrogens (tertiary/aromatic N) is 2. The van der Waals surface area contributed by atoms with Gasteiger partial charge in [-0.2, -0.15) is 13.2 Å². The topological polar surface area (TPSA) is 54.9 Å². The SMILES string of the molecule is O=C(CSc1nccc(C(F)(F)F)n1)NC(c1ccccc1)C1CC1. The summed E-state index contributed by atoms with van der Waals surface area (Å²) < 4.78 is 37.9. The van der Waals surface area contributed by atoms with E-state index in [1.807, 2.05) is 30.3 Å². The molecule has 1 unspecified atom stereocenters. The predicted molar refractivity (Wildman–Crippen MR) is 87.8 cm³/mol. The van der Waals surface area contributed by atoms with Gasteiger partial charge in [0, 0.05) is 6.20 Å². The molecule has 1 amide bonds. The zero-order chi connectivity index (χ0) is 17.9. The number of carbonyl (C=O) groups is 1. The maximum Gasteiger partial charge on any atom is 0.433 e. The fourth-order valence-electron chi connectivity index (χ4n) is 2.48. The third-order valence-corrected chi connectivity index (χ3v) is 4.69. The van der Waals surface area contributed by atoms with Gasteiger partial charge in [-0.05, 0) is 30.4 Å². The van der Waals surface area contributed by atoms with Crippen LogP contribution in [0.3, 0.4) is 0 Å². The number of rotatable bonds is 6. The number of carbonyl (C=O) groups excluding carboxylic acids is 1. The molecule has 0 aliphatic heterocycles. The molecular weight excluding hydrogens is 351 g/mol. The van der Waals surface area contributed by atoms with E-state index in [0.29, 0.717) is 5.92 Å². The van der Waals surface area contributed by atoms with Gasteiger partial charge in [-0.25, -0.2) is 9.97 Å². The van der Waals surface area contributed by atoms with Gasteiger partial charge in [0.1, 0.15) is 5.69 Å². The lowest BCUT2D eigenvalue weighted by atomic mass is 10.0. The number of amides is 1. The minimum atomic E-state index is -4.52. The van der Waals surface area contributed by atoms with Crippen LogP contribution in [0.5, 0.6) is 0 Å². The van der Waals surface area contributed by atoms with Crippen molar-refractivity contribution in [3.05, 3.63) is 53.9 Å². The zero-order valence-corrected chi connectivity index (χ0v) is 14.0. The number of hydrogen-bond acceptors (Lipinski definition) is 4. The molecule has 1 aliphatic carbocycles. The van der Waals surface area contributed by atoms with Gasteiger partial charge < -0.3 is 5.32 Å². The number of aromatic nitrogens is 2. The minimum Gasteiger partial charge on any atom is -0.348 e. The van der Waals surface area contributed by atoms with Crippen molar-refractivity contribution in [2.75, 3.05) is 5.75 Å². The fourth-order valence-corrected chi connectivity index (χ4v) is 3.12. The molecule has 1 N–H and O–H groups in total. The lowest BCUT2D eigenvalue weighted by Crippen LogP contribution is -2.31. The smallest absolute Gasteiger partial charge is 0.348 e. The van der Waals surface area contributed by atoms with Crippen molar-refractivity contribution in [1.29, 1.82) is 0 Å². The van der Waals surface area contributed by atoms with E-state index in [1.54, 1.807) is 0 Å². The standard InChI is InChI=1S/C17H16F3N3OS/c18-17(19,20)13-8-9-21-16(22-13)25-10-14(24)23-15(12-6-7-12)11-4-2-1-3-5-11/h1-5,8-9,12,15H,6-7,10H2,(H,23,24). The Morgan fingerprint density at radius 1 is 1.24 bits per heavy atom. The normalized spacial score (nSPS) is 15.6. The van der Waals surface area contributed by atoms with Gasteiger partial charge in [-0.15, -0.1) is 0 Å². The first-order valence-corrected chi connectivity index (χ1v) is 8.79. The Morgan fingerprint density at radius 3 is 2.60 bits per heavy atom. The Labute approximate surface area is 147 Å². The van der Waals surface area contributed by atoms with E-state index >= 15 is 0 Å². The number of thioether (sulfide) groups is 1. The molecular formula is C17H16F3N3OS. The molecule has 2 aromatic rings. The molecule has 1 saturated carbocycles. The molecule has 1 fully saturated rings. The summed E-state index contributed by atoms with van der Waals surface area (Å²) in [4.78, 5) is 19.4. The lowest BCUT2D eigenvalue weighted by molar-refractivity contribution is -0.141. The highest BCUT2D eigenvalue weighted by molar-refractivity contribution is 7.99. The quantitative estimate of drug-likeness (QED) is 0.622. The number of hydrogen-bond donors (Lipinski definition) is 1. The molecule has 25 heavy (non-hydrogen) atoms. The van der Waals surface area contributed by atoms with Crippen molar-refractivity contribution < 1.29 is 18.0 Å². The Kier molecular flexibility index (Phi) is 5.27. The first kappa shape index (κ1) is 17.7. The van der Waals surface area contributed by atoms with Crippen LogP contribution in [0, 0.1) is 5.92 Å². The Morgan fingerprint density at radius 2 is 1.96 bits per heavy atom. The zero-order valence-electron chi connectivity index (χ0n) is 13.2. The van der Waals surface area contributed by atoms with Crippen molar-refractivity contribution in [2.24, 2.45) is 5.92 Å². The number of benzene rings is 1. The number of alkyl halides is 3. The van der Waals surface area contributed by atoms with Crippen LogP contribution in [0.4, 0.5) is 13.2 Å². The van der Waals surface area contributed by atoms with Gasteiger partial charge in [-0.1, -0.05) is 42.1 Å². The van der Waals surface area contributed by atoms with E-state index in [4.69, 9.17) is 0 Å². The maximum atomic E-state index is 12.6. The summed E-state index contributed by atoms with van der Waals surface area (Å²) in [5, 5.41) is 2.91. The van der Waals surface area contributed by atoms with Crippen LogP contribution >= 0.6 is 11.8 Å². The van der Waals surface area contributed by atoms with E-state index in [0.717, 1.165) is 42.4 Å². The molecule has 1 aromatic carbocycles. The number of nitrogens with one attached hydrogen (secondary N) is 1. The van der Waals surface area contributed by atoms with Crippen molar-refractivity contribution in [1.82, 2.24) is 15.3 Å². The van der Waals surface area contributed by atoms with E-state index in [-0.39, 0.29) is 22.9 Å². The highest BCUT2D eigenvalue weighted by Gasteiger charge is 2.34. The summed E-state index contributed by atoms with van der Waals surface area (Å²) in [6, 6.07) is 10.4. The summed E-state index contributed by atoms with van der Waals surface area (Å²) in [6.45, 7) is 0. The third-order valence-electron chi connectivity index (χ3n) is 3.82. The van der Waals surface area contributed by atoms with Gasteiger partial charge in [0.2, 0.25) is 5.91 Å². The van der Waals surface area contributed by atoms with E-state index in [2.05, 4.69) is 15.3 Å². The van der Waals surface area contributed by atoms with Crippen molar-refractivity contribution in [3.8, 4) is 0 Å². The molecule has 1 atom stereocenters. The molecule has 132 valence electrons. The Bertz CT molecular complexity index is 735. The van der Waals surface area contributed by atoms with Crippen LogP contribution in [0.2, 0.25) is 0 Å². The maximum absolute atomic E-state index is 12.6. The average molecular weight is 367 g/mol. The van der Waals surface area contributed by atoms with Crippen molar-refractivity contribution in [2.45, 2.75) is 30.2 Å². The third kappa shape index (κ3) is 4.94. The van der Waals surface area contributed by atoms with Gasteiger partial charge in [-0.3, -0.25) is 4.79 Å². The molecule has 1 aliphatic rings. The molecule has 4 nitrogen and oxygen atoms in total. The molecule has 0 saturated heterocycles. The first-order chi connectivity index (χ1) is 11.9. The van der Waals surface area contributed by atoms with E-state index in [1.165, 1.54) is 0 Å². The molecule has 0 bridgehead atoms. The first-order valence-electron chi connectivity index (χ1n) is 7.81. The second-order valence-electron chi connectivity index (χ2n) is 5.80. The largest absolute Gasteiger partial charge is 0.433 e. The Balaban J connectivity index is 1.59. The highest BCUT2D eigenvalue weighted by atomic mass is 32.2. The highest BCUT2D eigenvalue weighted by Crippen LogP contribution is 2.41. The molecule has 1 aromatic heterocycles. The second-order valence-corrected chi connectivity index (χ2v) is 6.75. The molecule has 0 radical (unpaired) electrons. The summed E-state index contributed by atoms with van der Waals surface area (Å²) in [6.07, 6.45) is -1.36. The van der Waals surface area contributed by atoms with Crippen LogP contribution in [0.1, 0.15) is 30.1 Å². The molecule has 0 spiro atoms. The van der Waals surface area contributed by atoms with Gasteiger partial charge >= 0.3 is 6.18 Å². The minimum absolute atomic E-state index is 0.0304. The van der Waals surface area contributed by atoms with Crippen molar-refractivity contribution in [3.63, 3.8) is 0 Å².